The molecule has 0 radical (unpaired) electrons. The van der Waals surface area contributed by atoms with E-state index in [0.29, 0.717) is 0 Å². The fourth-order valence-corrected chi connectivity index (χ4v) is 2.00. The van der Waals surface area contributed by atoms with Gasteiger partial charge in [0.15, 0.2) is 0 Å². The van der Waals surface area contributed by atoms with Crippen molar-refractivity contribution in [1.29, 1.82) is 5.41 Å². The number of rotatable bonds is 4. The summed E-state index contributed by atoms with van der Waals surface area (Å²) in [6.07, 6.45) is -6.26. The predicted molar refractivity (Wildman–Crippen MR) is 63.6 cm³/mol. The Bertz CT molecular complexity index is 534. The molecule has 10 heteroatoms. The second-order valence-electron chi connectivity index (χ2n) is 4.25. The summed E-state index contributed by atoms with van der Waals surface area (Å²) in [6, 6.07) is -1.61. The fraction of sp³-hybridized carbons (Fsp3) is 0.545. The van der Waals surface area contributed by atoms with Gasteiger partial charge in [0.2, 0.25) is 0 Å². The fourth-order valence-electron chi connectivity index (χ4n) is 2.00. The highest BCUT2D eigenvalue weighted by Crippen LogP contribution is 2.41. The smallest absolute Gasteiger partial charge is 0.429 e. The molecule has 0 spiro atoms. The Morgan fingerprint density at radius 1 is 1.52 bits per heavy atom. The van der Waals surface area contributed by atoms with Crippen LogP contribution < -0.4 is 0 Å². The molecule has 1 fully saturated rings. The molecule has 2 N–H and O–H groups in total. The van der Waals surface area contributed by atoms with Gasteiger partial charge in [-0.25, -0.2) is 4.99 Å². The molecule has 1 aliphatic carbocycles. The molecule has 2 unspecified atom stereocenters. The van der Waals surface area contributed by atoms with Gasteiger partial charge in [-0.05, 0) is 12.4 Å². The van der Waals surface area contributed by atoms with Crippen LogP contribution in [-0.2, 0) is 4.79 Å². The van der Waals surface area contributed by atoms with E-state index < -0.39 is 54.4 Å². The van der Waals surface area contributed by atoms with Gasteiger partial charge in [-0.2, -0.15) is 22.0 Å². The minimum absolute atomic E-state index is 1.11. The Hall–Kier alpha value is -2.09. The zero-order chi connectivity index (χ0) is 16.4. The van der Waals surface area contributed by atoms with E-state index in [1.54, 1.807) is 0 Å². The van der Waals surface area contributed by atoms with Crippen LogP contribution in [0.1, 0.15) is 6.42 Å². The number of carbonyl (C=O) groups is 1. The Morgan fingerprint density at radius 2 is 2.10 bits per heavy atom. The van der Waals surface area contributed by atoms with Crippen LogP contribution in [0.15, 0.2) is 16.6 Å². The molecular weight excluding hydrogens is 301 g/mol. The van der Waals surface area contributed by atoms with E-state index >= 15 is 0 Å². The SMILES string of the molecule is C=C=NC1CC(F)(F)C(=NCC(=O)O)C1C(=N)C(F)(F)F. The number of carboxylic acid groups (broad SMARTS) is 1. The summed E-state index contributed by atoms with van der Waals surface area (Å²) in [5.74, 6) is -5.62. The highest BCUT2D eigenvalue weighted by Gasteiger charge is 2.58. The van der Waals surface area contributed by atoms with Crippen LogP contribution in [0.2, 0.25) is 0 Å². The Balaban J connectivity index is 3.32. The molecule has 0 aromatic carbocycles. The van der Waals surface area contributed by atoms with Gasteiger partial charge in [-0.1, -0.05) is 0 Å². The maximum absolute atomic E-state index is 13.7. The maximum Gasteiger partial charge on any atom is 0.429 e. The lowest BCUT2D eigenvalue weighted by molar-refractivity contribution is -0.135. The van der Waals surface area contributed by atoms with Crippen LogP contribution in [-0.4, -0.2) is 53.1 Å². The van der Waals surface area contributed by atoms with Gasteiger partial charge >= 0.3 is 12.1 Å². The Kier molecular flexibility index (Phi) is 4.62. The summed E-state index contributed by atoms with van der Waals surface area (Å²) in [6.45, 7) is 1.89. The summed E-state index contributed by atoms with van der Waals surface area (Å²) < 4.78 is 65.3. The van der Waals surface area contributed by atoms with E-state index in [-0.39, 0.29) is 0 Å². The van der Waals surface area contributed by atoms with E-state index in [2.05, 4.69) is 16.6 Å². The third-order valence-corrected chi connectivity index (χ3v) is 2.78. The third-order valence-electron chi connectivity index (χ3n) is 2.78. The van der Waals surface area contributed by atoms with Gasteiger partial charge < -0.3 is 5.11 Å². The van der Waals surface area contributed by atoms with Gasteiger partial charge in [0.05, 0.1) is 17.7 Å². The van der Waals surface area contributed by atoms with Crippen molar-refractivity contribution < 1.29 is 31.9 Å². The number of aliphatic carboxylic acids is 1. The van der Waals surface area contributed by atoms with Gasteiger partial charge in [-0.15, -0.1) is 0 Å². The van der Waals surface area contributed by atoms with Crippen molar-refractivity contribution in [3.8, 4) is 0 Å². The zero-order valence-corrected chi connectivity index (χ0v) is 10.4. The van der Waals surface area contributed by atoms with E-state index in [1.807, 2.05) is 5.87 Å². The first kappa shape index (κ1) is 17.0. The van der Waals surface area contributed by atoms with Crippen LogP contribution in [0.4, 0.5) is 22.0 Å². The third kappa shape index (κ3) is 3.72. The van der Waals surface area contributed by atoms with Crippen molar-refractivity contribution in [2.75, 3.05) is 6.54 Å². The molecule has 21 heavy (non-hydrogen) atoms. The first-order valence-electron chi connectivity index (χ1n) is 5.52. The lowest BCUT2D eigenvalue weighted by Gasteiger charge is -2.19. The van der Waals surface area contributed by atoms with Crippen molar-refractivity contribution in [2.24, 2.45) is 15.9 Å². The average Bonchev–Trinajstić information content (AvgIpc) is 2.55. The first-order chi connectivity index (χ1) is 9.50. The second-order valence-corrected chi connectivity index (χ2v) is 4.25. The second kappa shape index (κ2) is 5.72. The molecule has 0 aromatic heterocycles. The minimum atomic E-state index is -5.15. The molecule has 0 aliphatic heterocycles. The monoisotopic (exact) mass is 311 g/mol. The van der Waals surface area contributed by atoms with Crippen molar-refractivity contribution >= 4 is 23.3 Å². The minimum Gasteiger partial charge on any atom is -0.480 e. The van der Waals surface area contributed by atoms with E-state index in [4.69, 9.17) is 10.5 Å². The summed E-state index contributed by atoms with van der Waals surface area (Å²) >= 11 is 0. The largest absolute Gasteiger partial charge is 0.480 e. The average molecular weight is 311 g/mol. The number of alkyl halides is 5. The quantitative estimate of drug-likeness (QED) is 0.614. The molecule has 0 saturated heterocycles. The van der Waals surface area contributed by atoms with Gasteiger partial charge in [-0.3, -0.25) is 15.2 Å². The lowest BCUT2D eigenvalue weighted by atomic mass is 9.95. The van der Waals surface area contributed by atoms with E-state index in [0.717, 1.165) is 0 Å². The van der Waals surface area contributed by atoms with E-state index in [9.17, 15) is 26.7 Å². The normalized spacial score (nSPS) is 26.4. The molecule has 0 heterocycles. The van der Waals surface area contributed by atoms with Crippen molar-refractivity contribution in [1.82, 2.24) is 0 Å². The first-order valence-corrected chi connectivity index (χ1v) is 5.52. The van der Waals surface area contributed by atoms with Crippen LogP contribution >= 0.6 is 0 Å². The highest BCUT2D eigenvalue weighted by molar-refractivity contribution is 6.13. The molecule has 0 aromatic rings. The van der Waals surface area contributed by atoms with Crippen molar-refractivity contribution in [3.63, 3.8) is 0 Å². The number of hydrogen-bond acceptors (Lipinski definition) is 4. The Morgan fingerprint density at radius 3 is 2.52 bits per heavy atom. The molecular formula is C11H10F5N3O2. The molecule has 2 atom stereocenters. The van der Waals surface area contributed by atoms with Crippen molar-refractivity contribution in [2.45, 2.75) is 24.6 Å². The number of hydrogen-bond donors (Lipinski definition) is 2. The van der Waals surface area contributed by atoms with Crippen LogP contribution in [0.3, 0.4) is 0 Å². The Labute approximate surface area is 115 Å². The molecule has 5 nitrogen and oxygen atoms in total. The molecule has 116 valence electrons. The summed E-state index contributed by atoms with van der Waals surface area (Å²) in [5.41, 5.74) is -3.25. The van der Waals surface area contributed by atoms with Gasteiger partial charge in [0, 0.05) is 6.42 Å². The molecule has 1 rings (SSSR count). The standard InChI is InChI=1S/C11H10F5N3O2/c1-2-18-5-3-10(12,13)9(19-4-6(20)21)7(5)8(17)11(14,15)16/h5,7,17H,1,3-4H2,(H,20,21). The van der Waals surface area contributed by atoms with Crippen molar-refractivity contribution in [3.05, 3.63) is 6.58 Å². The number of aliphatic imine (C=N–C) groups is 2. The van der Waals surface area contributed by atoms with Crippen LogP contribution in [0.25, 0.3) is 0 Å². The summed E-state index contributed by atoms with van der Waals surface area (Å²) in [7, 11) is 0. The number of nitrogens with zero attached hydrogens (tertiary/aromatic N) is 2. The zero-order valence-electron chi connectivity index (χ0n) is 10.4. The predicted octanol–water partition coefficient (Wildman–Crippen LogP) is 1.97. The summed E-state index contributed by atoms with van der Waals surface area (Å²) in [4.78, 5) is 16.7. The highest BCUT2D eigenvalue weighted by atomic mass is 19.4. The molecule has 0 bridgehead atoms. The molecule has 1 aliphatic rings. The maximum atomic E-state index is 13.7. The van der Waals surface area contributed by atoms with Crippen LogP contribution in [0.5, 0.6) is 0 Å². The van der Waals surface area contributed by atoms with Gasteiger partial charge in [0.25, 0.3) is 5.92 Å². The number of carboxylic acids is 1. The van der Waals surface area contributed by atoms with E-state index in [1.165, 1.54) is 0 Å². The number of halogens is 5. The lowest BCUT2D eigenvalue weighted by Crippen LogP contribution is -2.39. The molecule has 1 saturated carbocycles. The van der Waals surface area contributed by atoms with Crippen LogP contribution in [0, 0.1) is 11.3 Å². The molecule has 0 amide bonds. The number of nitrogens with one attached hydrogen (secondary N) is 1. The van der Waals surface area contributed by atoms with Gasteiger partial charge in [0.1, 0.15) is 12.3 Å². The summed E-state index contributed by atoms with van der Waals surface area (Å²) in [5, 5.41) is 15.5. The topological polar surface area (TPSA) is 85.9 Å².